The van der Waals surface area contributed by atoms with Gasteiger partial charge in [0.2, 0.25) is 0 Å². The fourth-order valence-electron chi connectivity index (χ4n) is 3.39. The number of hydrogen-bond donors (Lipinski definition) is 1. The minimum absolute atomic E-state index is 0.799. The first-order valence-electron chi connectivity index (χ1n) is 8.86. The summed E-state index contributed by atoms with van der Waals surface area (Å²) in [6.07, 6.45) is 2.20. The van der Waals surface area contributed by atoms with Crippen LogP contribution in [0.15, 0.2) is 48.0 Å². The smallest absolute Gasteiger partial charge is 0.160 e. The van der Waals surface area contributed by atoms with E-state index in [0.29, 0.717) is 0 Å². The van der Waals surface area contributed by atoms with Gasteiger partial charge in [0.1, 0.15) is 0 Å². The molecule has 0 aliphatic rings. The van der Waals surface area contributed by atoms with Crippen LogP contribution in [0.4, 0.5) is 5.69 Å². The molecule has 4 heteroatoms. The van der Waals surface area contributed by atoms with Gasteiger partial charge in [0.15, 0.2) is 5.65 Å². The van der Waals surface area contributed by atoms with E-state index >= 15 is 0 Å². The molecule has 0 radical (unpaired) electrons. The van der Waals surface area contributed by atoms with Crippen molar-refractivity contribution in [2.75, 3.05) is 5.32 Å². The number of anilines is 1. The molecule has 0 saturated heterocycles. The zero-order chi connectivity index (χ0) is 18.3. The van der Waals surface area contributed by atoms with Crippen LogP contribution in [0.1, 0.15) is 28.1 Å². The Morgan fingerprint density at radius 1 is 1.04 bits per heavy atom. The number of benzene rings is 1. The van der Waals surface area contributed by atoms with E-state index in [1.54, 1.807) is 11.3 Å². The number of hydrogen-bond acceptors (Lipinski definition) is 3. The summed E-state index contributed by atoms with van der Waals surface area (Å²) in [5.74, 6) is 0. The number of pyridine rings is 1. The van der Waals surface area contributed by atoms with Crippen LogP contribution >= 0.6 is 11.3 Å². The summed E-state index contributed by atoms with van der Waals surface area (Å²) in [5, 5.41) is 5.77. The van der Waals surface area contributed by atoms with Crippen molar-refractivity contribution in [3.8, 4) is 10.4 Å². The fourth-order valence-corrected chi connectivity index (χ4v) is 4.10. The minimum Gasteiger partial charge on any atom is -0.378 e. The van der Waals surface area contributed by atoms with Crippen molar-refractivity contribution in [3.63, 3.8) is 0 Å². The Morgan fingerprint density at radius 2 is 1.81 bits per heavy atom. The molecule has 0 spiro atoms. The molecule has 0 bridgehead atoms. The molecular weight excluding hydrogens is 338 g/mol. The first kappa shape index (κ1) is 16.9. The second kappa shape index (κ2) is 6.61. The highest BCUT2D eigenvalue weighted by atomic mass is 32.1. The Morgan fingerprint density at radius 3 is 2.50 bits per heavy atom. The Hall–Kier alpha value is -2.59. The lowest BCUT2D eigenvalue weighted by molar-refractivity contribution is 1.07. The molecule has 0 fully saturated rings. The van der Waals surface area contributed by atoms with Crippen LogP contribution in [0.5, 0.6) is 0 Å². The summed E-state index contributed by atoms with van der Waals surface area (Å²) >= 11 is 1.76. The lowest BCUT2D eigenvalue weighted by Crippen LogP contribution is -2.05. The minimum atomic E-state index is 0.799. The van der Waals surface area contributed by atoms with Crippen molar-refractivity contribution in [3.05, 3.63) is 76.1 Å². The van der Waals surface area contributed by atoms with Crippen molar-refractivity contribution < 1.29 is 0 Å². The molecule has 1 N–H and O–H groups in total. The topological polar surface area (TPSA) is 29.3 Å². The number of aromatic nitrogens is 2. The van der Waals surface area contributed by atoms with Gasteiger partial charge in [-0.25, -0.2) is 4.98 Å². The lowest BCUT2D eigenvalue weighted by atomic mass is 10.0. The molecule has 0 atom stereocenters. The number of imidazole rings is 1. The summed E-state index contributed by atoms with van der Waals surface area (Å²) in [6, 6.07) is 12.9. The maximum absolute atomic E-state index is 4.80. The van der Waals surface area contributed by atoms with Crippen LogP contribution in [0.25, 0.3) is 16.1 Å². The molecule has 0 unspecified atom stereocenters. The highest BCUT2D eigenvalue weighted by Crippen LogP contribution is 2.31. The van der Waals surface area contributed by atoms with Crippen molar-refractivity contribution in [2.45, 2.75) is 34.2 Å². The molecule has 4 rings (SSSR count). The van der Waals surface area contributed by atoms with Gasteiger partial charge in [-0.2, -0.15) is 0 Å². The molecule has 0 aliphatic heterocycles. The van der Waals surface area contributed by atoms with Crippen molar-refractivity contribution >= 4 is 22.7 Å². The van der Waals surface area contributed by atoms with E-state index in [-0.39, 0.29) is 0 Å². The van der Waals surface area contributed by atoms with Gasteiger partial charge < -0.3 is 9.72 Å². The van der Waals surface area contributed by atoms with Gasteiger partial charge in [-0.05, 0) is 61.9 Å². The first-order chi connectivity index (χ1) is 12.5. The van der Waals surface area contributed by atoms with Gasteiger partial charge in [-0.1, -0.05) is 24.3 Å². The standard InChI is InChI=1S/C22H23N3S/c1-14-7-5-8-15(2)19(14)12-23-20-11-18(21-9-6-10-26-21)13-25-17(4)16(3)24-22(20)25/h5-11,13,23H,12H2,1-4H3. The Bertz CT molecular complexity index is 1050. The number of thiophene rings is 1. The van der Waals surface area contributed by atoms with E-state index in [0.717, 1.165) is 23.6 Å². The monoisotopic (exact) mass is 361 g/mol. The van der Waals surface area contributed by atoms with Crippen molar-refractivity contribution in [1.29, 1.82) is 0 Å². The predicted octanol–water partition coefficient (Wildman–Crippen LogP) is 5.91. The summed E-state index contributed by atoms with van der Waals surface area (Å²) in [7, 11) is 0. The third-order valence-corrected chi connectivity index (χ3v) is 6.02. The molecule has 4 aromatic rings. The third kappa shape index (κ3) is 2.90. The molecule has 3 aromatic heterocycles. The Balaban J connectivity index is 1.79. The average molecular weight is 362 g/mol. The number of nitrogens with one attached hydrogen (secondary N) is 1. The van der Waals surface area contributed by atoms with Crippen LogP contribution in [-0.4, -0.2) is 9.38 Å². The molecular formula is C22H23N3S. The maximum Gasteiger partial charge on any atom is 0.160 e. The first-order valence-corrected chi connectivity index (χ1v) is 9.74. The molecule has 1 aromatic carbocycles. The Labute approximate surface area is 158 Å². The van der Waals surface area contributed by atoms with Gasteiger partial charge >= 0.3 is 0 Å². The van der Waals surface area contributed by atoms with E-state index in [1.165, 1.54) is 32.8 Å². The van der Waals surface area contributed by atoms with Gasteiger partial charge in [-0.15, -0.1) is 11.3 Å². The number of rotatable bonds is 4. The van der Waals surface area contributed by atoms with Gasteiger partial charge in [0.05, 0.1) is 11.4 Å². The molecule has 132 valence electrons. The largest absolute Gasteiger partial charge is 0.378 e. The summed E-state index contributed by atoms with van der Waals surface area (Å²) in [6.45, 7) is 9.34. The molecule has 3 heterocycles. The molecule has 3 nitrogen and oxygen atoms in total. The normalized spacial score (nSPS) is 11.2. The Kier molecular flexibility index (Phi) is 4.29. The zero-order valence-electron chi connectivity index (χ0n) is 15.6. The van der Waals surface area contributed by atoms with Crippen LogP contribution in [0.2, 0.25) is 0 Å². The van der Waals surface area contributed by atoms with Gasteiger partial charge in [0, 0.05) is 28.9 Å². The SMILES string of the molecule is Cc1cccc(C)c1CNc1cc(-c2cccs2)cn2c(C)c(C)nc12. The highest BCUT2D eigenvalue weighted by molar-refractivity contribution is 7.13. The highest BCUT2D eigenvalue weighted by Gasteiger charge is 2.13. The summed E-state index contributed by atoms with van der Waals surface area (Å²) < 4.78 is 2.21. The third-order valence-electron chi connectivity index (χ3n) is 5.10. The second-order valence-electron chi connectivity index (χ2n) is 6.82. The van der Waals surface area contributed by atoms with E-state index in [1.807, 2.05) is 0 Å². The van der Waals surface area contributed by atoms with Crippen LogP contribution in [-0.2, 0) is 6.54 Å². The number of aryl methyl sites for hydroxylation is 4. The zero-order valence-corrected chi connectivity index (χ0v) is 16.4. The number of nitrogens with zero attached hydrogens (tertiary/aromatic N) is 2. The van der Waals surface area contributed by atoms with Crippen LogP contribution < -0.4 is 5.32 Å². The van der Waals surface area contributed by atoms with E-state index in [9.17, 15) is 0 Å². The maximum atomic E-state index is 4.80. The molecule has 0 saturated carbocycles. The summed E-state index contributed by atoms with van der Waals surface area (Å²) in [4.78, 5) is 6.07. The van der Waals surface area contributed by atoms with Gasteiger partial charge in [-0.3, -0.25) is 0 Å². The van der Waals surface area contributed by atoms with E-state index in [4.69, 9.17) is 4.98 Å². The molecule has 26 heavy (non-hydrogen) atoms. The average Bonchev–Trinajstić information content (AvgIpc) is 3.24. The fraction of sp³-hybridized carbons (Fsp3) is 0.227. The molecule has 0 amide bonds. The van der Waals surface area contributed by atoms with Crippen LogP contribution in [0, 0.1) is 27.7 Å². The van der Waals surface area contributed by atoms with Gasteiger partial charge in [0.25, 0.3) is 0 Å². The van der Waals surface area contributed by atoms with Crippen molar-refractivity contribution in [1.82, 2.24) is 9.38 Å². The predicted molar refractivity (Wildman–Crippen MR) is 111 cm³/mol. The van der Waals surface area contributed by atoms with Crippen molar-refractivity contribution in [2.24, 2.45) is 0 Å². The quantitative estimate of drug-likeness (QED) is 0.490. The van der Waals surface area contributed by atoms with Crippen LogP contribution in [0.3, 0.4) is 0 Å². The number of fused-ring (bicyclic) bond motifs is 1. The van der Waals surface area contributed by atoms with E-state index in [2.05, 4.69) is 85.4 Å². The van der Waals surface area contributed by atoms with E-state index < -0.39 is 0 Å². The lowest BCUT2D eigenvalue weighted by Gasteiger charge is -2.14. The second-order valence-corrected chi connectivity index (χ2v) is 7.77. The molecule has 0 aliphatic carbocycles. The summed E-state index contributed by atoms with van der Waals surface area (Å²) in [5.41, 5.74) is 9.54.